The van der Waals surface area contributed by atoms with Crippen molar-refractivity contribution in [3.63, 3.8) is 0 Å². The van der Waals surface area contributed by atoms with Gasteiger partial charge in [0.1, 0.15) is 0 Å². The zero-order valence-electron chi connectivity index (χ0n) is 12.5. The molecule has 0 radical (unpaired) electrons. The molecule has 3 heteroatoms. The van der Waals surface area contributed by atoms with Crippen LogP contribution in [0.5, 0.6) is 0 Å². The molecule has 0 amide bonds. The normalized spacial score (nSPS) is 28.8. The molecule has 1 aliphatic carbocycles. The fourth-order valence-corrected chi connectivity index (χ4v) is 3.43. The summed E-state index contributed by atoms with van der Waals surface area (Å²) in [5.74, 6) is 1.68. The highest BCUT2D eigenvalue weighted by Crippen LogP contribution is 2.32. The molecule has 0 aliphatic heterocycles. The molecule has 0 aromatic rings. The Hall–Kier alpha value is -0.120. The van der Waals surface area contributed by atoms with Crippen LogP contribution in [0.2, 0.25) is 0 Å². The molecule has 0 aromatic heterocycles. The van der Waals surface area contributed by atoms with Gasteiger partial charge in [-0.1, -0.05) is 26.7 Å². The maximum Gasteiger partial charge on any atom is 0.0558 e. The Labute approximate surface area is 113 Å². The van der Waals surface area contributed by atoms with E-state index in [1.54, 1.807) is 0 Å². The van der Waals surface area contributed by atoms with Crippen molar-refractivity contribution in [2.75, 3.05) is 33.3 Å². The highest BCUT2D eigenvalue weighted by Gasteiger charge is 2.30. The highest BCUT2D eigenvalue weighted by atomic mass is 16.3. The van der Waals surface area contributed by atoms with Crippen molar-refractivity contribution in [2.24, 2.45) is 11.8 Å². The predicted octanol–water partition coefficient (Wildman–Crippen LogP) is 2.11. The van der Waals surface area contributed by atoms with E-state index in [2.05, 4.69) is 31.1 Å². The molecule has 108 valence electrons. The van der Waals surface area contributed by atoms with Crippen molar-refractivity contribution in [1.29, 1.82) is 0 Å². The fraction of sp³-hybridized carbons (Fsp3) is 1.00. The summed E-state index contributed by atoms with van der Waals surface area (Å²) in [6.07, 6.45) is 6.79. The summed E-state index contributed by atoms with van der Waals surface area (Å²) in [5.41, 5.74) is 0. The van der Waals surface area contributed by atoms with Crippen LogP contribution in [0.25, 0.3) is 0 Å². The van der Waals surface area contributed by atoms with Crippen LogP contribution >= 0.6 is 0 Å². The Bertz CT molecular complexity index is 209. The number of hydrogen-bond acceptors (Lipinski definition) is 3. The number of aliphatic hydroxyl groups excluding tert-OH is 1. The number of rotatable bonds is 8. The summed E-state index contributed by atoms with van der Waals surface area (Å²) in [7, 11) is 2.13. The van der Waals surface area contributed by atoms with E-state index in [4.69, 9.17) is 5.11 Å². The first kappa shape index (κ1) is 15.9. The van der Waals surface area contributed by atoms with E-state index in [1.165, 1.54) is 32.1 Å². The summed E-state index contributed by atoms with van der Waals surface area (Å²) in [4.78, 5) is 2.28. The lowest BCUT2D eigenvalue weighted by molar-refractivity contribution is 0.136. The Balaban J connectivity index is 2.48. The smallest absolute Gasteiger partial charge is 0.0558 e. The van der Waals surface area contributed by atoms with Crippen molar-refractivity contribution in [3.8, 4) is 0 Å². The fourth-order valence-electron chi connectivity index (χ4n) is 3.43. The number of nitrogens with zero attached hydrogens (tertiary/aromatic N) is 1. The van der Waals surface area contributed by atoms with Crippen molar-refractivity contribution in [3.05, 3.63) is 0 Å². The molecule has 1 fully saturated rings. The molecule has 1 saturated carbocycles. The number of hydrogen-bond donors (Lipinski definition) is 2. The number of nitrogens with one attached hydrogen (secondary N) is 1. The first-order chi connectivity index (χ1) is 8.71. The van der Waals surface area contributed by atoms with Crippen molar-refractivity contribution < 1.29 is 5.11 Å². The van der Waals surface area contributed by atoms with Gasteiger partial charge < -0.3 is 15.3 Å². The molecule has 0 spiro atoms. The molecule has 0 heterocycles. The summed E-state index contributed by atoms with van der Waals surface area (Å²) >= 11 is 0. The molecule has 3 unspecified atom stereocenters. The van der Waals surface area contributed by atoms with Crippen LogP contribution in [0.15, 0.2) is 0 Å². The van der Waals surface area contributed by atoms with E-state index < -0.39 is 0 Å². The Morgan fingerprint density at radius 2 is 2.06 bits per heavy atom. The van der Waals surface area contributed by atoms with Crippen molar-refractivity contribution in [2.45, 2.75) is 52.0 Å². The average Bonchev–Trinajstić information content (AvgIpc) is 2.33. The molecular weight excluding hydrogens is 224 g/mol. The summed E-state index contributed by atoms with van der Waals surface area (Å²) in [6.45, 7) is 7.76. The maximum atomic E-state index is 9.01. The minimum atomic E-state index is 0.271. The van der Waals surface area contributed by atoms with Gasteiger partial charge in [0.2, 0.25) is 0 Å². The maximum absolute atomic E-state index is 9.01. The van der Waals surface area contributed by atoms with Crippen LogP contribution < -0.4 is 5.32 Å². The van der Waals surface area contributed by atoms with Crippen molar-refractivity contribution >= 4 is 0 Å². The van der Waals surface area contributed by atoms with E-state index in [-0.39, 0.29) is 6.61 Å². The van der Waals surface area contributed by atoms with Crippen LogP contribution in [-0.4, -0.2) is 49.3 Å². The van der Waals surface area contributed by atoms with Gasteiger partial charge in [-0.2, -0.15) is 0 Å². The van der Waals surface area contributed by atoms with Crippen LogP contribution in [0.3, 0.4) is 0 Å². The highest BCUT2D eigenvalue weighted by molar-refractivity contribution is 4.86. The zero-order valence-corrected chi connectivity index (χ0v) is 12.5. The molecule has 0 bridgehead atoms. The molecule has 1 aliphatic rings. The van der Waals surface area contributed by atoms with Gasteiger partial charge in [-0.3, -0.25) is 0 Å². The summed E-state index contributed by atoms with van der Waals surface area (Å²) in [6, 6.07) is 0.684. The lowest BCUT2D eigenvalue weighted by atomic mass is 9.76. The Kier molecular flexibility index (Phi) is 7.87. The second-order valence-electron chi connectivity index (χ2n) is 5.88. The molecule has 0 saturated heterocycles. The molecule has 0 aromatic carbocycles. The van der Waals surface area contributed by atoms with E-state index >= 15 is 0 Å². The van der Waals surface area contributed by atoms with Gasteiger partial charge >= 0.3 is 0 Å². The van der Waals surface area contributed by atoms with Gasteiger partial charge in [0.15, 0.2) is 0 Å². The van der Waals surface area contributed by atoms with Gasteiger partial charge in [0.05, 0.1) is 6.61 Å². The molecule has 3 atom stereocenters. The average molecular weight is 256 g/mol. The first-order valence-corrected chi connectivity index (χ1v) is 7.74. The van der Waals surface area contributed by atoms with Crippen LogP contribution in [0.4, 0.5) is 0 Å². The largest absolute Gasteiger partial charge is 0.395 e. The van der Waals surface area contributed by atoms with Gasteiger partial charge in [0.25, 0.3) is 0 Å². The quantitative estimate of drug-likeness (QED) is 0.698. The lowest BCUT2D eigenvalue weighted by Crippen LogP contribution is -2.45. The minimum Gasteiger partial charge on any atom is -0.395 e. The van der Waals surface area contributed by atoms with Crippen LogP contribution in [0.1, 0.15) is 46.0 Å². The molecule has 3 nitrogen and oxygen atoms in total. The molecule has 2 N–H and O–H groups in total. The minimum absolute atomic E-state index is 0.271. The van der Waals surface area contributed by atoms with Crippen LogP contribution in [0, 0.1) is 11.8 Å². The van der Waals surface area contributed by atoms with Gasteiger partial charge in [0, 0.05) is 19.1 Å². The van der Waals surface area contributed by atoms with Gasteiger partial charge in [-0.15, -0.1) is 0 Å². The zero-order chi connectivity index (χ0) is 13.4. The number of aliphatic hydroxyl groups is 1. The third-order valence-electron chi connectivity index (χ3n) is 4.28. The monoisotopic (exact) mass is 256 g/mol. The lowest BCUT2D eigenvalue weighted by Gasteiger charge is -2.38. The predicted molar refractivity (Wildman–Crippen MR) is 77.8 cm³/mol. The topological polar surface area (TPSA) is 35.5 Å². The molecule has 18 heavy (non-hydrogen) atoms. The second kappa shape index (κ2) is 8.89. The summed E-state index contributed by atoms with van der Waals surface area (Å²) < 4.78 is 0. The van der Waals surface area contributed by atoms with Crippen molar-refractivity contribution in [1.82, 2.24) is 10.2 Å². The third-order valence-corrected chi connectivity index (χ3v) is 4.28. The van der Waals surface area contributed by atoms with Crippen LogP contribution in [-0.2, 0) is 0 Å². The van der Waals surface area contributed by atoms with Gasteiger partial charge in [-0.05, 0) is 44.7 Å². The Morgan fingerprint density at radius 3 is 2.67 bits per heavy atom. The standard InChI is InChI=1S/C15H32N2O/c1-4-6-13-7-8-15(16-5-2)14(11-13)12-17(3)9-10-18/h13-16,18H,4-12H2,1-3H3. The van der Waals surface area contributed by atoms with E-state index in [9.17, 15) is 0 Å². The SMILES string of the molecule is CCCC1CCC(NCC)C(CN(C)CCO)C1. The van der Waals surface area contributed by atoms with E-state index in [0.29, 0.717) is 6.04 Å². The number of likely N-dealkylation sites (N-methyl/N-ethyl adjacent to an activating group) is 1. The van der Waals surface area contributed by atoms with E-state index in [1.807, 2.05) is 0 Å². The van der Waals surface area contributed by atoms with Gasteiger partial charge in [-0.25, -0.2) is 0 Å². The molecule has 1 rings (SSSR count). The van der Waals surface area contributed by atoms with E-state index in [0.717, 1.165) is 31.5 Å². The second-order valence-corrected chi connectivity index (χ2v) is 5.88. The Morgan fingerprint density at radius 1 is 1.28 bits per heavy atom. The summed E-state index contributed by atoms with van der Waals surface area (Å²) in [5, 5.41) is 12.7. The first-order valence-electron chi connectivity index (χ1n) is 7.74. The third kappa shape index (κ3) is 5.25. The molecular formula is C15H32N2O.